The fraction of sp³-hybridized carbons (Fsp3) is 0.300. The van der Waals surface area contributed by atoms with E-state index in [0.29, 0.717) is 42.6 Å². The third-order valence-corrected chi connectivity index (χ3v) is 7.95. The van der Waals surface area contributed by atoms with E-state index in [1.807, 2.05) is 0 Å². The van der Waals surface area contributed by atoms with Crippen molar-refractivity contribution >= 4 is 52.6 Å². The Morgan fingerprint density at radius 3 is 2.15 bits per heavy atom. The number of hydrogen-bond acceptors (Lipinski definition) is 5. The van der Waals surface area contributed by atoms with E-state index >= 15 is 0 Å². The number of nitrogens with zero attached hydrogens (tertiary/aromatic N) is 1. The number of carboxylic acids is 1. The number of carboxylic acid groups (broad SMARTS) is 1. The highest BCUT2D eigenvalue weighted by atomic mass is 35.5. The molecule has 3 aromatic rings. The molecule has 0 radical (unpaired) electrons. The lowest BCUT2D eigenvalue weighted by atomic mass is 9.81. The molecule has 9 nitrogen and oxygen atoms in total. The van der Waals surface area contributed by atoms with Crippen LogP contribution in [0.5, 0.6) is 0 Å². The highest BCUT2D eigenvalue weighted by Crippen LogP contribution is 2.41. The van der Waals surface area contributed by atoms with E-state index in [2.05, 4.69) is 20.9 Å². The Bertz CT molecular complexity index is 1390. The lowest BCUT2D eigenvalue weighted by Crippen LogP contribution is -2.49. The van der Waals surface area contributed by atoms with E-state index in [0.717, 1.165) is 12.8 Å². The third kappa shape index (κ3) is 7.62. The Kier molecular flexibility index (Phi) is 9.96. The zero-order chi connectivity index (χ0) is 29.4. The van der Waals surface area contributed by atoms with Crippen molar-refractivity contribution < 1.29 is 24.3 Å². The molecular formula is C30H30Cl2N4O5. The van der Waals surface area contributed by atoms with Gasteiger partial charge in [-0.25, -0.2) is 4.79 Å². The fourth-order valence-electron chi connectivity index (χ4n) is 5.04. The molecule has 1 heterocycles. The van der Waals surface area contributed by atoms with E-state index in [-0.39, 0.29) is 33.8 Å². The van der Waals surface area contributed by atoms with Crippen LogP contribution in [0.1, 0.15) is 58.4 Å². The van der Waals surface area contributed by atoms with E-state index < -0.39 is 23.3 Å². The molecule has 1 aliphatic carbocycles. The Hall–Kier alpha value is -3.95. The van der Waals surface area contributed by atoms with Gasteiger partial charge in [-0.3, -0.25) is 19.4 Å². The molecular weight excluding hydrogens is 567 g/mol. The molecule has 3 amide bonds. The van der Waals surface area contributed by atoms with E-state index in [4.69, 9.17) is 23.2 Å². The summed E-state index contributed by atoms with van der Waals surface area (Å²) in [4.78, 5) is 54.4. The van der Waals surface area contributed by atoms with Crippen LogP contribution in [0.3, 0.4) is 0 Å². The van der Waals surface area contributed by atoms with Gasteiger partial charge in [0.05, 0.1) is 21.0 Å². The number of amides is 3. The minimum absolute atomic E-state index is 0.0561. The van der Waals surface area contributed by atoms with Crippen molar-refractivity contribution in [2.24, 2.45) is 5.41 Å². The Balaban J connectivity index is 1.36. The predicted molar refractivity (Wildman–Crippen MR) is 156 cm³/mol. The number of nitrogens with one attached hydrogen (secondary N) is 3. The molecule has 0 spiro atoms. The van der Waals surface area contributed by atoms with Crippen molar-refractivity contribution in [1.82, 2.24) is 15.6 Å². The molecule has 1 unspecified atom stereocenters. The molecule has 0 saturated heterocycles. The summed E-state index contributed by atoms with van der Waals surface area (Å²) < 4.78 is 0. The van der Waals surface area contributed by atoms with Crippen LogP contribution in [0.4, 0.5) is 5.69 Å². The molecule has 2 aromatic carbocycles. The van der Waals surface area contributed by atoms with Gasteiger partial charge >= 0.3 is 5.97 Å². The van der Waals surface area contributed by atoms with Crippen LogP contribution in [-0.4, -0.2) is 46.4 Å². The number of carbonyl (C=O) groups excluding carboxylic acids is 3. The average molecular weight is 597 g/mol. The van der Waals surface area contributed by atoms with Gasteiger partial charge in [0.1, 0.15) is 6.04 Å². The summed E-state index contributed by atoms with van der Waals surface area (Å²) in [7, 11) is 0. The molecule has 11 heteroatoms. The van der Waals surface area contributed by atoms with Gasteiger partial charge in [0, 0.05) is 36.6 Å². The predicted octanol–water partition coefficient (Wildman–Crippen LogP) is 5.13. The molecule has 4 rings (SSSR count). The Morgan fingerprint density at radius 1 is 0.902 bits per heavy atom. The van der Waals surface area contributed by atoms with E-state index in [1.54, 1.807) is 54.6 Å². The molecule has 1 saturated carbocycles. The van der Waals surface area contributed by atoms with Crippen LogP contribution in [0, 0.1) is 5.41 Å². The van der Waals surface area contributed by atoms with E-state index in [1.165, 1.54) is 12.4 Å². The summed E-state index contributed by atoms with van der Waals surface area (Å²) in [6.07, 6.45) is 6.50. The minimum atomic E-state index is -1.15. The van der Waals surface area contributed by atoms with Gasteiger partial charge in [0.15, 0.2) is 0 Å². The maximum Gasteiger partial charge on any atom is 0.326 e. The second-order valence-corrected chi connectivity index (χ2v) is 10.9. The number of rotatable bonds is 11. The molecule has 1 aliphatic rings. The number of hydrogen-bond donors (Lipinski definition) is 4. The monoisotopic (exact) mass is 596 g/mol. The van der Waals surface area contributed by atoms with Crippen molar-refractivity contribution in [1.29, 1.82) is 0 Å². The number of carbonyl (C=O) groups is 4. The van der Waals surface area contributed by atoms with Gasteiger partial charge < -0.3 is 21.1 Å². The maximum absolute atomic E-state index is 13.4. The summed E-state index contributed by atoms with van der Waals surface area (Å²) in [6.45, 7) is 0.291. The number of aromatic nitrogens is 1. The van der Waals surface area contributed by atoms with Gasteiger partial charge in [-0.05, 0) is 61.2 Å². The molecule has 4 N–H and O–H groups in total. The first-order chi connectivity index (χ1) is 19.7. The first-order valence-corrected chi connectivity index (χ1v) is 14.0. The molecule has 0 bridgehead atoms. The molecule has 214 valence electrons. The Morgan fingerprint density at radius 2 is 1.54 bits per heavy atom. The quantitative estimate of drug-likeness (QED) is 0.242. The fourth-order valence-corrected chi connectivity index (χ4v) is 5.61. The Labute approximate surface area is 247 Å². The summed E-state index contributed by atoms with van der Waals surface area (Å²) in [5, 5.41) is 18.6. The van der Waals surface area contributed by atoms with Gasteiger partial charge in [-0.1, -0.05) is 54.2 Å². The van der Waals surface area contributed by atoms with Crippen LogP contribution >= 0.6 is 23.2 Å². The molecule has 1 atom stereocenters. The zero-order valence-electron chi connectivity index (χ0n) is 22.2. The van der Waals surface area contributed by atoms with Crippen molar-refractivity contribution in [2.45, 2.75) is 44.6 Å². The second-order valence-electron chi connectivity index (χ2n) is 10.0. The number of aliphatic carboxylic acids is 1. The summed E-state index contributed by atoms with van der Waals surface area (Å²) in [5.74, 6) is -2.19. The molecule has 1 fully saturated rings. The average Bonchev–Trinajstić information content (AvgIpc) is 3.44. The maximum atomic E-state index is 13.4. The van der Waals surface area contributed by atoms with Crippen molar-refractivity contribution in [2.75, 3.05) is 11.9 Å². The van der Waals surface area contributed by atoms with Crippen LogP contribution in [-0.2, 0) is 16.0 Å². The lowest BCUT2D eigenvalue weighted by molar-refractivity contribution is -0.144. The van der Waals surface area contributed by atoms with Crippen molar-refractivity contribution in [3.63, 3.8) is 0 Å². The third-order valence-electron chi connectivity index (χ3n) is 7.32. The van der Waals surface area contributed by atoms with Crippen LogP contribution in [0.15, 0.2) is 67.0 Å². The highest BCUT2D eigenvalue weighted by molar-refractivity contribution is 6.40. The number of benzene rings is 2. The topological polar surface area (TPSA) is 137 Å². The van der Waals surface area contributed by atoms with Gasteiger partial charge in [0.25, 0.3) is 11.8 Å². The zero-order valence-corrected chi connectivity index (χ0v) is 23.7. The normalized spacial score (nSPS) is 14.6. The van der Waals surface area contributed by atoms with Gasteiger partial charge in [-0.15, -0.1) is 0 Å². The SMILES string of the molecule is O=C(NCCC1(C(=O)NC(Cc2ccc(NC(=O)c3c(Cl)cccc3Cl)cc2)C(=O)O)CCCC1)c1ccncc1. The first kappa shape index (κ1) is 30.0. The smallest absolute Gasteiger partial charge is 0.326 e. The van der Waals surface area contributed by atoms with Crippen LogP contribution in [0.2, 0.25) is 10.0 Å². The standard InChI is InChI=1S/C30H30Cl2N4O5/c31-22-4-3-5-23(32)25(22)27(38)35-21-8-6-19(7-9-21)18-24(28(39)40)36-29(41)30(12-1-2-13-30)14-17-34-26(37)20-10-15-33-16-11-20/h3-11,15-16,24H,1-2,12-14,17-18H2,(H,34,37)(H,35,38)(H,36,41)(H,39,40). The highest BCUT2D eigenvalue weighted by Gasteiger charge is 2.42. The minimum Gasteiger partial charge on any atom is -0.480 e. The van der Waals surface area contributed by atoms with Gasteiger partial charge in [0.2, 0.25) is 5.91 Å². The van der Waals surface area contributed by atoms with Gasteiger partial charge in [-0.2, -0.15) is 0 Å². The van der Waals surface area contributed by atoms with Crippen molar-refractivity contribution in [3.05, 3.63) is 93.7 Å². The number of anilines is 1. The molecule has 41 heavy (non-hydrogen) atoms. The molecule has 0 aliphatic heterocycles. The summed E-state index contributed by atoms with van der Waals surface area (Å²) >= 11 is 12.2. The lowest BCUT2D eigenvalue weighted by Gasteiger charge is -2.29. The number of halogens is 2. The number of pyridine rings is 1. The van der Waals surface area contributed by atoms with E-state index in [9.17, 15) is 24.3 Å². The van der Waals surface area contributed by atoms with Crippen molar-refractivity contribution in [3.8, 4) is 0 Å². The van der Waals surface area contributed by atoms with Crippen LogP contribution in [0.25, 0.3) is 0 Å². The molecule has 1 aromatic heterocycles. The summed E-state index contributed by atoms with van der Waals surface area (Å²) in [6, 6.07) is 13.5. The largest absolute Gasteiger partial charge is 0.480 e. The summed E-state index contributed by atoms with van der Waals surface area (Å²) in [5.41, 5.74) is 1.04. The van der Waals surface area contributed by atoms with Crippen LogP contribution < -0.4 is 16.0 Å². The second kappa shape index (κ2) is 13.6. The first-order valence-electron chi connectivity index (χ1n) is 13.2.